The Balaban J connectivity index is 2.66. The van der Waals surface area contributed by atoms with Crippen molar-refractivity contribution in [2.75, 3.05) is 5.88 Å². The van der Waals surface area contributed by atoms with Crippen LogP contribution in [0.4, 0.5) is 0 Å². The van der Waals surface area contributed by atoms with Gasteiger partial charge in [0.15, 0.2) is 0 Å². The molecule has 0 saturated carbocycles. The maximum atomic E-state index is 11.9. The predicted octanol–water partition coefficient (Wildman–Crippen LogP) is 4.24. The second-order valence-electron chi connectivity index (χ2n) is 3.83. The summed E-state index contributed by atoms with van der Waals surface area (Å²) in [4.78, 5) is 11.9. The number of hydrogen-bond acceptors (Lipinski definition) is 1. The van der Waals surface area contributed by atoms with Crippen LogP contribution in [-0.2, 0) is 0 Å². The van der Waals surface area contributed by atoms with Crippen molar-refractivity contribution >= 4 is 45.0 Å². The second-order valence-corrected chi connectivity index (χ2v) is 5.53. The Labute approximate surface area is 120 Å². The van der Waals surface area contributed by atoms with Crippen molar-refractivity contribution in [2.24, 2.45) is 0 Å². The van der Waals surface area contributed by atoms with Gasteiger partial charge in [0.25, 0.3) is 5.91 Å². The second kappa shape index (κ2) is 7.24. The number of amides is 1. The predicted molar refractivity (Wildman–Crippen MR) is 76.0 cm³/mol. The van der Waals surface area contributed by atoms with E-state index in [-0.39, 0.29) is 11.9 Å². The van der Waals surface area contributed by atoms with Crippen molar-refractivity contribution in [3.05, 3.63) is 33.3 Å². The van der Waals surface area contributed by atoms with Gasteiger partial charge in [-0.25, -0.2) is 0 Å². The van der Waals surface area contributed by atoms with Crippen LogP contribution in [0, 0.1) is 0 Å². The van der Waals surface area contributed by atoms with Gasteiger partial charge in [-0.1, -0.05) is 27.5 Å². The lowest BCUT2D eigenvalue weighted by Gasteiger charge is -2.14. The third-order valence-electron chi connectivity index (χ3n) is 2.32. The number of nitrogens with one attached hydrogen (secondary N) is 1. The Morgan fingerprint density at radius 1 is 1.53 bits per heavy atom. The molecule has 1 atom stereocenters. The molecule has 5 heteroatoms. The van der Waals surface area contributed by atoms with Gasteiger partial charge in [0.05, 0.1) is 10.6 Å². The molecule has 2 nitrogen and oxygen atoms in total. The number of benzene rings is 1. The molecule has 1 N–H and O–H groups in total. The normalized spacial score (nSPS) is 12.2. The molecule has 1 rings (SSSR count). The molecule has 17 heavy (non-hydrogen) atoms. The fraction of sp³-hybridized carbons (Fsp3) is 0.417. The molecular weight excluding hydrogens is 325 g/mol. The third kappa shape index (κ3) is 4.86. The summed E-state index contributed by atoms with van der Waals surface area (Å²) in [5.41, 5.74) is 0.485. The van der Waals surface area contributed by atoms with Crippen molar-refractivity contribution in [3.63, 3.8) is 0 Å². The Kier molecular flexibility index (Phi) is 6.31. The lowest BCUT2D eigenvalue weighted by molar-refractivity contribution is 0.0938. The number of carbonyl (C=O) groups is 1. The van der Waals surface area contributed by atoms with Gasteiger partial charge in [-0.2, -0.15) is 0 Å². The largest absolute Gasteiger partial charge is 0.350 e. The van der Waals surface area contributed by atoms with Gasteiger partial charge in [-0.05, 0) is 38.0 Å². The molecule has 1 aromatic carbocycles. The molecule has 0 aliphatic heterocycles. The van der Waals surface area contributed by atoms with Crippen LogP contribution in [0.2, 0.25) is 5.02 Å². The molecule has 0 aliphatic rings. The summed E-state index contributed by atoms with van der Waals surface area (Å²) in [7, 11) is 0. The molecule has 0 aliphatic carbocycles. The topological polar surface area (TPSA) is 29.1 Å². The first kappa shape index (κ1) is 14.8. The van der Waals surface area contributed by atoms with E-state index in [4.69, 9.17) is 23.2 Å². The zero-order valence-corrected chi connectivity index (χ0v) is 12.6. The minimum absolute atomic E-state index is 0.0938. The smallest absolute Gasteiger partial charge is 0.253 e. The van der Waals surface area contributed by atoms with Crippen molar-refractivity contribution in [2.45, 2.75) is 25.8 Å². The molecular formula is C12H14BrCl2NO. The van der Waals surface area contributed by atoms with Crippen LogP contribution < -0.4 is 5.32 Å². The van der Waals surface area contributed by atoms with E-state index >= 15 is 0 Å². The number of hydrogen-bond donors (Lipinski definition) is 1. The molecule has 1 aromatic rings. The highest BCUT2D eigenvalue weighted by atomic mass is 79.9. The number of carbonyl (C=O) groups excluding carboxylic acids is 1. The number of rotatable bonds is 5. The van der Waals surface area contributed by atoms with Gasteiger partial charge in [-0.15, -0.1) is 11.6 Å². The van der Waals surface area contributed by atoms with Gasteiger partial charge >= 0.3 is 0 Å². The summed E-state index contributed by atoms with van der Waals surface area (Å²) in [5, 5.41) is 3.35. The van der Waals surface area contributed by atoms with Crippen LogP contribution >= 0.6 is 39.1 Å². The fourth-order valence-corrected chi connectivity index (χ4v) is 2.15. The molecule has 0 spiro atoms. The van der Waals surface area contributed by atoms with Crippen molar-refractivity contribution in [1.29, 1.82) is 0 Å². The van der Waals surface area contributed by atoms with Crippen LogP contribution in [0.25, 0.3) is 0 Å². The summed E-state index contributed by atoms with van der Waals surface area (Å²) >= 11 is 14.9. The molecule has 0 aromatic heterocycles. The molecule has 0 bridgehead atoms. The van der Waals surface area contributed by atoms with Crippen molar-refractivity contribution in [3.8, 4) is 0 Å². The van der Waals surface area contributed by atoms with Crippen LogP contribution in [0.3, 0.4) is 0 Å². The standard InChI is InChI=1S/C12H14BrCl2NO/c1-8(3-2-6-14)16-12(17)10-7-9(13)4-5-11(10)15/h4-5,7-8H,2-3,6H2,1H3,(H,16,17). The zero-order valence-electron chi connectivity index (χ0n) is 9.47. The van der Waals surface area contributed by atoms with Crippen LogP contribution in [0.1, 0.15) is 30.1 Å². The Bertz CT molecular complexity index is 398. The molecule has 0 radical (unpaired) electrons. The average molecular weight is 339 g/mol. The van der Waals surface area contributed by atoms with E-state index in [0.29, 0.717) is 16.5 Å². The lowest BCUT2D eigenvalue weighted by atomic mass is 10.1. The van der Waals surface area contributed by atoms with E-state index in [9.17, 15) is 4.79 Å². The van der Waals surface area contributed by atoms with E-state index in [1.165, 1.54) is 0 Å². The molecule has 0 saturated heterocycles. The first-order chi connectivity index (χ1) is 8.04. The molecule has 1 amide bonds. The Morgan fingerprint density at radius 2 is 2.24 bits per heavy atom. The molecule has 1 unspecified atom stereocenters. The zero-order chi connectivity index (χ0) is 12.8. The summed E-state index contributed by atoms with van der Waals surface area (Å²) in [6.07, 6.45) is 1.75. The fourth-order valence-electron chi connectivity index (χ4n) is 1.43. The van der Waals surface area contributed by atoms with Gasteiger partial charge in [0.1, 0.15) is 0 Å². The summed E-state index contributed by atoms with van der Waals surface area (Å²) in [6.45, 7) is 1.95. The Morgan fingerprint density at radius 3 is 2.88 bits per heavy atom. The third-order valence-corrected chi connectivity index (χ3v) is 3.41. The SMILES string of the molecule is CC(CCCCl)NC(=O)c1cc(Br)ccc1Cl. The van der Waals surface area contributed by atoms with Crippen LogP contribution in [-0.4, -0.2) is 17.8 Å². The maximum absolute atomic E-state index is 11.9. The maximum Gasteiger partial charge on any atom is 0.253 e. The molecule has 94 valence electrons. The summed E-state index contributed by atoms with van der Waals surface area (Å²) < 4.78 is 0.834. The average Bonchev–Trinajstić information content (AvgIpc) is 2.29. The molecule has 0 fully saturated rings. The van der Waals surface area contributed by atoms with Crippen LogP contribution in [0.15, 0.2) is 22.7 Å². The van der Waals surface area contributed by atoms with Gasteiger partial charge in [0.2, 0.25) is 0 Å². The highest BCUT2D eigenvalue weighted by molar-refractivity contribution is 9.10. The highest BCUT2D eigenvalue weighted by Crippen LogP contribution is 2.21. The van der Waals surface area contributed by atoms with E-state index < -0.39 is 0 Å². The van der Waals surface area contributed by atoms with E-state index in [1.807, 2.05) is 6.92 Å². The van der Waals surface area contributed by atoms with Crippen LogP contribution in [0.5, 0.6) is 0 Å². The number of halogens is 3. The summed E-state index contributed by atoms with van der Waals surface area (Å²) in [6, 6.07) is 5.31. The van der Waals surface area contributed by atoms with Gasteiger partial charge in [-0.3, -0.25) is 4.79 Å². The highest BCUT2D eigenvalue weighted by Gasteiger charge is 2.13. The Hall–Kier alpha value is -0.250. The lowest BCUT2D eigenvalue weighted by Crippen LogP contribution is -2.32. The molecule has 0 heterocycles. The minimum Gasteiger partial charge on any atom is -0.350 e. The first-order valence-corrected chi connectivity index (χ1v) is 7.07. The van der Waals surface area contributed by atoms with E-state index in [1.54, 1.807) is 18.2 Å². The summed E-state index contributed by atoms with van der Waals surface area (Å²) in [5.74, 6) is 0.455. The van der Waals surface area contributed by atoms with E-state index in [2.05, 4.69) is 21.2 Å². The van der Waals surface area contributed by atoms with Crippen molar-refractivity contribution < 1.29 is 4.79 Å². The van der Waals surface area contributed by atoms with E-state index in [0.717, 1.165) is 17.3 Å². The van der Waals surface area contributed by atoms with Gasteiger partial charge < -0.3 is 5.32 Å². The monoisotopic (exact) mass is 337 g/mol. The first-order valence-electron chi connectivity index (χ1n) is 5.36. The minimum atomic E-state index is -0.154. The van der Waals surface area contributed by atoms with Gasteiger partial charge in [0, 0.05) is 16.4 Å². The quantitative estimate of drug-likeness (QED) is 0.799. The number of alkyl halides is 1. The van der Waals surface area contributed by atoms with Crippen molar-refractivity contribution in [1.82, 2.24) is 5.32 Å².